The van der Waals surface area contributed by atoms with Crippen molar-refractivity contribution in [3.8, 4) is 5.75 Å². The lowest BCUT2D eigenvalue weighted by Crippen LogP contribution is -2.17. The van der Waals surface area contributed by atoms with E-state index in [2.05, 4.69) is 4.98 Å². The maximum absolute atomic E-state index is 11.8. The summed E-state index contributed by atoms with van der Waals surface area (Å²) in [6, 6.07) is 5.17. The zero-order valence-corrected chi connectivity index (χ0v) is 9.65. The van der Waals surface area contributed by atoms with E-state index in [0.29, 0.717) is 12.3 Å². The van der Waals surface area contributed by atoms with Crippen molar-refractivity contribution in [1.82, 2.24) is 9.38 Å². The maximum Gasteiger partial charge on any atom is 0.258 e. The van der Waals surface area contributed by atoms with Gasteiger partial charge in [0.05, 0.1) is 12.3 Å². The number of aromatic nitrogens is 2. The summed E-state index contributed by atoms with van der Waals surface area (Å²) in [5.74, 6) is 0.725. The van der Waals surface area contributed by atoms with Gasteiger partial charge in [-0.05, 0) is 32.9 Å². The number of nitrogens with zero attached hydrogens (tertiary/aromatic N) is 2. The minimum atomic E-state index is -0.0680. The van der Waals surface area contributed by atoms with Crippen LogP contribution in [-0.2, 0) is 0 Å². The van der Waals surface area contributed by atoms with E-state index in [-0.39, 0.29) is 5.56 Å². The minimum Gasteiger partial charge on any atom is -0.492 e. The van der Waals surface area contributed by atoms with Crippen molar-refractivity contribution in [3.63, 3.8) is 0 Å². The third kappa shape index (κ3) is 1.66. The van der Waals surface area contributed by atoms with Crippen LogP contribution in [0.3, 0.4) is 0 Å². The van der Waals surface area contributed by atoms with Gasteiger partial charge >= 0.3 is 0 Å². The second kappa shape index (κ2) is 3.96. The molecule has 4 heteroatoms. The van der Waals surface area contributed by atoms with Gasteiger partial charge < -0.3 is 4.74 Å². The van der Waals surface area contributed by atoms with Gasteiger partial charge in [0.25, 0.3) is 5.56 Å². The molecule has 2 aromatic heterocycles. The van der Waals surface area contributed by atoms with Crippen LogP contribution in [-0.4, -0.2) is 16.0 Å². The number of hydrogen-bond donors (Lipinski definition) is 0. The van der Waals surface area contributed by atoms with E-state index in [1.165, 1.54) is 6.07 Å². The Labute approximate surface area is 93.5 Å². The predicted octanol–water partition coefficient (Wildman–Crippen LogP) is 1.71. The smallest absolute Gasteiger partial charge is 0.258 e. The molecule has 0 aliphatic rings. The third-order valence-corrected chi connectivity index (χ3v) is 2.45. The Balaban J connectivity index is 2.79. The highest BCUT2D eigenvalue weighted by molar-refractivity contribution is 5.45. The zero-order chi connectivity index (χ0) is 11.7. The lowest BCUT2D eigenvalue weighted by molar-refractivity contribution is 0.335. The Morgan fingerprint density at radius 1 is 1.38 bits per heavy atom. The number of pyridine rings is 1. The van der Waals surface area contributed by atoms with Crippen LogP contribution in [0.5, 0.6) is 5.75 Å². The largest absolute Gasteiger partial charge is 0.492 e. The number of ether oxygens (including phenoxy) is 1. The summed E-state index contributed by atoms with van der Waals surface area (Å²) in [6.45, 7) is 6.17. The first-order chi connectivity index (χ1) is 7.63. The normalized spacial score (nSPS) is 10.7. The quantitative estimate of drug-likeness (QED) is 0.770. The summed E-state index contributed by atoms with van der Waals surface area (Å²) in [6.07, 6.45) is 0. The number of hydrogen-bond acceptors (Lipinski definition) is 3. The molecule has 0 N–H and O–H groups in total. The van der Waals surface area contributed by atoms with Crippen molar-refractivity contribution >= 4 is 5.65 Å². The highest BCUT2D eigenvalue weighted by atomic mass is 16.5. The first-order valence-corrected chi connectivity index (χ1v) is 5.26. The second-order valence-corrected chi connectivity index (χ2v) is 3.65. The van der Waals surface area contributed by atoms with Crippen molar-refractivity contribution in [2.75, 3.05) is 6.61 Å². The van der Waals surface area contributed by atoms with Gasteiger partial charge in [-0.25, -0.2) is 4.98 Å². The second-order valence-electron chi connectivity index (χ2n) is 3.65. The molecule has 0 saturated carbocycles. The van der Waals surface area contributed by atoms with Gasteiger partial charge in [0.2, 0.25) is 0 Å². The van der Waals surface area contributed by atoms with Crippen LogP contribution in [0.1, 0.15) is 18.3 Å². The fourth-order valence-electron chi connectivity index (χ4n) is 1.76. The molecule has 0 aromatic carbocycles. The van der Waals surface area contributed by atoms with Crippen LogP contribution in [0.4, 0.5) is 0 Å². The first-order valence-electron chi connectivity index (χ1n) is 5.26. The topological polar surface area (TPSA) is 43.6 Å². The van der Waals surface area contributed by atoms with Crippen molar-refractivity contribution in [2.45, 2.75) is 20.8 Å². The summed E-state index contributed by atoms with van der Waals surface area (Å²) < 4.78 is 7.01. The van der Waals surface area contributed by atoms with E-state index in [4.69, 9.17) is 4.74 Å². The SMILES string of the molecule is CCOc1ccc2nc(C)cc(=O)n2c1C. The lowest BCUT2D eigenvalue weighted by atomic mass is 10.3. The van der Waals surface area contributed by atoms with Crippen LogP contribution in [0.25, 0.3) is 5.65 Å². The fourth-order valence-corrected chi connectivity index (χ4v) is 1.76. The third-order valence-electron chi connectivity index (χ3n) is 2.45. The Kier molecular flexibility index (Phi) is 2.64. The van der Waals surface area contributed by atoms with Crippen LogP contribution in [0.2, 0.25) is 0 Å². The van der Waals surface area contributed by atoms with Gasteiger partial charge in [0.15, 0.2) is 0 Å². The highest BCUT2D eigenvalue weighted by Crippen LogP contribution is 2.17. The molecule has 84 valence electrons. The molecule has 0 bridgehead atoms. The van der Waals surface area contributed by atoms with E-state index >= 15 is 0 Å². The molecule has 0 atom stereocenters. The number of fused-ring (bicyclic) bond motifs is 1. The average Bonchev–Trinajstić information content (AvgIpc) is 2.21. The maximum atomic E-state index is 11.8. The molecule has 2 aromatic rings. The van der Waals surface area contributed by atoms with Crippen LogP contribution >= 0.6 is 0 Å². The number of aryl methyl sites for hydroxylation is 2. The van der Waals surface area contributed by atoms with Crippen LogP contribution in [0.15, 0.2) is 23.0 Å². The van der Waals surface area contributed by atoms with Gasteiger partial charge in [0, 0.05) is 11.8 Å². The summed E-state index contributed by atoms with van der Waals surface area (Å²) >= 11 is 0. The molecule has 2 rings (SSSR count). The van der Waals surface area contributed by atoms with Gasteiger partial charge in [-0.2, -0.15) is 0 Å². The van der Waals surface area contributed by atoms with E-state index in [0.717, 1.165) is 17.1 Å². The summed E-state index contributed by atoms with van der Waals surface area (Å²) in [5, 5.41) is 0. The summed E-state index contributed by atoms with van der Waals surface area (Å²) in [4.78, 5) is 16.2. The highest BCUT2D eigenvalue weighted by Gasteiger charge is 2.06. The Bertz CT molecular complexity index is 587. The van der Waals surface area contributed by atoms with E-state index in [9.17, 15) is 4.79 Å². The standard InChI is InChI=1S/C12H14N2O2/c1-4-16-10-5-6-11-13-8(2)7-12(15)14(11)9(10)3/h5-7H,4H2,1-3H3. The fraction of sp³-hybridized carbons (Fsp3) is 0.333. The van der Waals surface area contributed by atoms with Crippen molar-refractivity contribution in [3.05, 3.63) is 39.9 Å². The molecule has 0 unspecified atom stereocenters. The number of rotatable bonds is 2. The Morgan fingerprint density at radius 2 is 2.12 bits per heavy atom. The molecule has 0 fully saturated rings. The van der Waals surface area contributed by atoms with Gasteiger partial charge in [-0.3, -0.25) is 9.20 Å². The van der Waals surface area contributed by atoms with E-state index in [1.807, 2.05) is 26.8 Å². The zero-order valence-electron chi connectivity index (χ0n) is 9.65. The molecule has 0 saturated heterocycles. The summed E-state index contributed by atoms with van der Waals surface area (Å²) in [5.41, 5.74) is 2.11. The van der Waals surface area contributed by atoms with Crippen molar-refractivity contribution < 1.29 is 4.74 Å². The molecule has 0 amide bonds. The van der Waals surface area contributed by atoms with Gasteiger partial charge in [-0.15, -0.1) is 0 Å². The Hall–Kier alpha value is -1.84. The predicted molar refractivity (Wildman–Crippen MR) is 62.1 cm³/mol. The molecule has 16 heavy (non-hydrogen) atoms. The van der Waals surface area contributed by atoms with E-state index < -0.39 is 0 Å². The molecular formula is C12H14N2O2. The molecule has 2 heterocycles. The van der Waals surface area contributed by atoms with Crippen LogP contribution in [0, 0.1) is 13.8 Å². The molecule has 0 radical (unpaired) electrons. The Morgan fingerprint density at radius 3 is 2.81 bits per heavy atom. The monoisotopic (exact) mass is 218 g/mol. The molecule has 0 spiro atoms. The average molecular weight is 218 g/mol. The van der Waals surface area contributed by atoms with Crippen molar-refractivity contribution in [2.24, 2.45) is 0 Å². The molecule has 4 nitrogen and oxygen atoms in total. The minimum absolute atomic E-state index is 0.0680. The van der Waals surface area contributed by atoms with E-state index in [1.54, 1.807) is 10.5 Å². The summed E-state index contributed by atoms with van der Waals surface area (Å²) in [7, 11) is 0. The molecule has 0 aliphatic heterocycles. The van der Waals surface area contributed by atoms with Crippen molar-refractivity contribution in [1.29, 1.82) is 0 Å². The van der Waals surface area contributed by atoms with Gasteiger partial charge in [-0.1, -0.05) is 0 Å². The lowest BCUT2D eigenvalue weighted by Gasteiger charge is -2.10. The molecule has 0 aliphatic carbocycles. The molecular weight excluding hydrogens is 204 g/mol. The van der Waals surface area contributed by atoms with Gasteiger partial charge in [0.1, 0.15) is 11.4 Å². The van der Waals surface area contributed by atoms with Crippen LogP contribution < -0.4 is 10.3 Å². The first kappa shape index (κ1) is 10.7.